The predicted molar refractivity (Wildman–Crippen MR) is 77.7 cm³/mol. The molecule has 1 fully saturated rings. The Morgan fingerprint density at radius 2 is 2.00 bits per heavy atom. The van der Waals surface area contributed by atoms with E-state index in [9.17, 15) is 0 Å². The van der Waals surface area contributed by atoms with Crippen molar-refractivity contribution < 1.29 is 0 Å². The van der Waals surface area contributed by atoms with Crippen molar-refractivity contribution in [2.24, 2.45) is 11.7 Å². The van der Waals surface area contributed by atoms with Gasteiger partial charge in [-0.3, -0.25) is 0 Å². The topological polar surface area (TPSA) is 29.3 Å². The van der Waals surface area contributed by atoms with E-state index in [-0.39, 0.29) is 0 Å². The van der Waals surface area contributed by atoms with Gasteiger partial charge in [-0.05, 0) is 43.3 Å². The highest BCUT2D eigenvalue weighted by Crippen LogP contribution is 2.27. The highest BCUT2D eigenvalue weighted by Gasteiger charge is 2.23. The fourth-order valence-corrected chi connectivity index (χ4v) is 2.70. The SMILES string of the molecule is CC(C)C(N)CCN1CCC(c2ccccc2)C1. The van der Waals surface area contributed by atoms with Crippen molar-refractivity contribution in [3.63, 3.8) is 0 Å². The summed E-state index contributed by atoms with van der Waals surface area (Å²) < 4.78 is 0. The zero-order valence-corrected chi connectivity index (χ0v) is 11.7. The van der Waals surface area contributed by atoms with Gasteiger partial charge in [0.1, 0.15) is 0 Å². The summed E-state index contributed by atoms with van der Waals surface area (Å²) in [7, 11) is 0. The molecule has 2 N–H and O–H groups in total. The van der Waals surface area contributed by atoms with Gasteiger partial charge in [0.05, 0.1) is 0 Å². The Hall–Kier alpha value is -0.860. The molecule has 2 heteroatoms. The van der Waals surface area contributed by atoms with Crippen LogP contribution in [0.5, 0.6) is 0 Å². The molecule has 0 aliphatic carbocycles. The summed E-state index contributed by atoms with van der Waals surface area (Å²) in [6.07, 6.45) is 2.42. The van der Waals surface area contributed by atoms with Crippen molar-refractivity contribution >= 4 is 0 Å². The van der Waals surface area contributed by atoms with Crippen LogP contribution in [0.15, 0.2) is 30.3 Å². The molecular weight excluding hydrogens is 220 g/mol. The zero-order valence-electron chi connectivity index (χ0n) is 11.7. The van der Waals surface area contributed by atoms with E-state index in [0.717, 1.165) is 18.9 Å². The molecule has 1 aliphatic heterocycles. The van der Waals surface area contributed by atoms with Gasteiger partial charge in [-0.1, -0.05) is 44.2 Å². The summed E-state index contributed by atoms with van der Waals surface area (Å²) in [5, 5.41) is 0. The standard InChI is InChI=1S/C16H26N2/c1-13(2)16(17)9-11-18-10-8-15(12-18)14-6-4-3-5-7-14/h3-7,13,15-16H,8-12,17H2,1-2H3. The molecular formula is C16H26N2. The third-order valence-corrected chi connectivity index (χ3v) is 4.18. The number of nitrogens with two attached hydrogens (primary N) is 1. The zero-order chi connectivity index (χ0) is 13.0. The van der Waals surface area contributed by atoms with E-state index in [4.69, 9.17) is 5.73 Å². The van der Waals surface area contributed by atoms with E-state index < -0.39 is 0 Å². The van der Waals surface area contributed by atoms with Crippen LogP contribution in [0.1, 0.15) is 38.2 Å². The van der Waals surface area contributed by atoms with Crippen LogP contribution in [0.25, 0.3) is 0 Å². The van der Waals surface area contributed by atoms with Crippen molar-refractivity contribution in [1.29, 1.82) is 0 Å². The lowest BCUT2D eigenvalue weighted by molar-refractivity contribution is 0.302. The van der Waals surface area contributed by atoms with Crippen LogP contribution < -0.4 is 5.73 Å². The molecule has 0 radical (unpaired) electrons. The molecule has 100 valence electrons. The third kappa shape index (κ3) is 3.56. The van der Waals surface area contributed by atoms with Crippen LogP contribution in [0.2, 0.25) is 0 Å². The summed E-state index contributed by atoms with van der Waals surface area (Å²) in [5.74, 6) is 1.32. The molecule has 18 heavy (non-hydrogen) atoms. The van der Waals surface area contributed by atoms with Gasteiger partial charge < -0.3 is 10.6 Å². The first kappa shape index (κ1) is 13.6. The van der Waals surface area contributed by atoms with Crippen LogP contribution >= 0.6 is 0 Å². The molecule has 2 nitrogen and oxygen atoms in total. The minimum Gasteiger partial charge on any atom is -0.327 e. The second-order valence-electron chi connectivity index (χ2n) is 5.89. The van der Waals surface area contributed by atoms with Crippen molar-refractivity contribution in [3.8, 4) is 0 Å². The van der Waals surface area contributed by atoms with E-state index in [1.54, 1.807) is 0 Å². The van der Waals surface area contributed by atoms with Gasteiger partial charge in [0, 0.05) is 12.6 Å². The largest absolute Gasteiger partial charge is 0.327 e. The number of hydrogen-bond acceptors (Lipinski definition) is 2. The predicted octanol–water partition coefficient (Wildman–Crippen LogP) is 2.85. The van der Waals surface area contributed by atoms with Gasteiger partial charge in [0.15, 0.2) is 0 Å². The maximum Gasteiger partial charge on any atom is 0.00740 e. The minimum atomic E-state index is 0.348. The van der Waals surface area contributed by atoms with Gasteiger partial charge in [-0.15, -0.1) is 0 Å². The first-order valence-electron chi connectivity index (χ1n) is 7.19. The van der Waals surface area contributed by atoms with Crippen LogP contribution in [0.4, 0.5) is 0 Å². The fourth-order valence-electron chi connectivity index (χ4n) is 2.70. The molecule has 0 saturated carbocycles. The van der Waals surface area contributed by atoms with Crippen molar-refractivity contribution in [2.75, 3.05) is 19.6 Å². The van der Waals surface area contributed by atoms with E-state index in [1.807, 2.05) is 0 Å². The van der Waals surface area contributed by atoms with Gasteiger partial charge in [-0.25, -0.2) is 0 Å². The van der Waals surface area contributed by atoms with Crippen molar-refractivity contribution in [3.05, 3.63) is 35.9 Å². The maximum atomic E-state index is 6.11. The van der Waals surface area contributed by atoms with E-state index in [1.165, 1.54) is 25.1 Å². The summed E-state index contributed by atoms with van der Waals surface area (Å²) in [6, 6.07) is 11.2. The molecule has 1 saturated heterocycles. The molecule has 1 aromatic rings. The Bertz CT molecular complexity index is 347. The Morgan fingerprint density at radius 1 is 1.28 bits per heavy atom. The van der Waals surface area contributed by atoms with Crippen molar-refractivity contribution in [1.82, 2.24) is 4.90 Å². The molecule has 1 aliphatic rings. The molecule has 2 unspecified atom stereocenters. The molecule has 0 spiro atoms. The quantitative estimate of drug-likeness (QED) is 0.865. The lowest BCUT2D eigenvalue weighted by atomic mass is 9.99. The summed E-state index contributed by atoms with van der Waals surface area (Å²) in [5.41, 5.74) is 7.61. The van der Waals surface area contributed by atoms with Crippen molar-refractivity contribution in [2.45, 2.75) is 38.6 Å². The first-order valence-corrected chi connectivity index (χ1v) is 7.19. The smallest absolute Gasteiger partial charge is 0.00740 e. The Balaban J connectivity index is 1.79. The van der Waals surface area contributed by atoms with Crippen LogP contribution in [-0.4, -0.2) is 30.6 Å². The van der Waals surface area contributed by atoms with Gasteiger partial charge in [-0.2, -0.15) is 0 Å². The van der Waals surface area contributed by atoms with Gasteiger partial charge >= 0.3 is 0 Å². The maximum absolute atomic E-state index is 6.11. The average molecular weight is 246 g/mol. The lowest BCUT2D eigenvalue weighted by Gasteiger charge is -2.21. The van der Waals surface area contributed by atoms with E-state index >= 15 is 0 Å². The van der Waals surface area contributed by atoms with Gasteiger partial charge in [0.2, 0.25) is 0 Å². The number of hydrogen-bond donors (Lipinski definition) is 1. The average Bonchev–Trinajstić information content (AvgIpc) is 2.85. The summed E-state index contributed by atoms with van der Waals surface area (Å²) in [6.45, 7) is 8.00. The third-order valence-electron chi connectivity index (χ3n) is 4.18. The second-order valence-corrected chi connectivity index (χ2v) is 5.89. The fraction of sp³-hybridized carbons (Fsp3) is 0.625. The summed E-state index contributed by atoms with van der Waals surface area (Å²) in [4.78, 5) is 2.57. The van der Waals surface area contributed by atoms with E-state index in [2.05, 4.69) is 49.1 Å². The van der Waals surface area contributed by atoms with Crippen LogP contribution in [-0.2, 0) is 0 Å². The number of benzene rings is 1. The Kier molecular flexibility index (Phi) is 4.79. The molecule has 0 aromatic heterocycles. The molecule has 1 aromatic carbocycles. The normalized spacial score (nSPS) is 22.6. The number of rotatable bonds is 5. The highest BCUT2D eigenvalue weighted by atomic mass is 15.1. The van der Waals surface area contributed by atoms with Crippen LogP contribution in [0.3, 0.4) is 0 Å². The highest BCUT2D eigenvalue weighted by molar-refractivity contribution is 5.20. The first-order chi connectivity index (χ1) is 8.66. The molecule has 2 atom stereocenters. The summed E-state index contributed by atoms with van der Waals surface area (Å²) >= 11 is 0. The number of nitrogens with zero attached hydrogens (tertiary/aromatic N) is 1. The molecule has 0 amide bonds. The molecule has 2 rings (SSSR count). The lowest BCUT2D eigenvalue weighted by Crippen LogP contribution is -2.32. The van der Waals surface area contributed by atoms with E-state index in [0.29, 0.717) is 12.0 Å². The number of likely N-dealkylation sites (tertiary alicyclic amines) is 1. The minimum absolute atomic E-state index is 0.348. The van der Waals surface area contributed by atoms with Crippen LogP contribution in [0, 0.1) is 5.92 Å². The Morgan fingerprint density at radius 3 is 2.67 bits per heavy atom. The molecule has 0 bridgehead atoms. The monoisotopic (exact) mass is 246 g/mol. The Labute approximate surface area is 111 Å². The van der Waals surface area contributed by atoms with Gasteiger partial charge in [0.25, 0.3) is 0 Å². The second kappa shape index (κ2) is 6.35. The molecule has 1 heterocycles.